The second kappa shape index (κ2) is 4.90. The quantitative estimate of drug-likeness (QED) is 0.252. The fourth-order valence-corrected chi connectivity index (χ4v) is 0.608. The van der Waals surface area contributed by atoms with Gasteiger partial charge in [-0.05, 0) is 6.42 Å². The molecule has 0 saturated carbocycles. The SMILES string of the molecule is CCCCN(C)/C(N)=N/N. The summed E-state index contributed by atoms with van der Waals surface area (Å²) < 4.78 is 0. The monoisotopic (exact) mass is 144 g/mol. The predicted octanol–water partition coefficient (Wildman–Crippen LogP) is -0.0933. The van der Waals surface area contributed by atoms with E-state index in [-0.39, 0.29) is 0 Å². The van der Waals surface area contributed by atoms with Crippen molar-refractivity contribution in [1.82, 2.24) is 4.90 Å². The van der Waals surface area contributed by atoms with Crippen LogP contribution in [0.25, 0.3) is 0 Å². The summed E-state index contributed by atoms with van der Waals surface area (Å²) in [7, 11) is 1.88. The highest BCUT2D eigenvalue weighted by atomic mass is 15.3. The first-order valence-electron chi connectivity index (χ1n) is 3.46. The fraction of sp³-hybridized carbons (Fsp3) is 0.833. The highest BCUT2D eigenvalue weighted by molar-refractivity contribution is 5.77. The number of rotatable bonds is 3. The van der Waals surface area contributed by atoms with Crippen LogP contribution in [0.4, 0.5) is 0 Å². The van der Waals surface area contributed by atoms with E-state index in [1.54, 1.807) is 0 Å². The van der Waals surface area contributed by atoms with Gasteiger partial charge in [0.25, 0.3) is 0 Å². The normalized spacial score (nSPS) is 11.6. The molecule has 0 amide bonds. The third-order valence-corrected chi connectivity index (χ3v) is 1.37. The molecule has 4 heteroatoms. The lowest BCUT2D eigenvalue weighted by Gasteiger charge is -2.15. The van der Waals surface area contributed by atoms with Crippen molar-refractivity contribution in [2.24, 2.45) is 16.7 Å². The number of guanidine groups is 1. The number of unbranched alkanes of at least 4 members (excludes halogenated alkanes) is 1. The second-order valence-corrected chi connectivity index (χ2v) is 2.26. The van der Waals surface area contributed by atoms with Gasteiger partial charge in [-0.2, -0.15) is 0 Å². The number of nitrogens with zero attached hydrogens (tertiary/aromatic N) is 2. The molecule has 0 spiro atoms. The van der Waals surface area contributed by atoms with Crippen LogP contribution in [0.15, 0.2) is 5.10 Å². The Morgan fingerprint density at radius 3 is 2.60 bits per heavy atom. The summed E-state index contributed by atoms with van der Waals surface area (Å²) in [5, 5.41) is 3.36. The lowest BCUT2D eigenvalue weighted by molar-refractivity contribution is 0.478. The van der Waals surface area contributed by atoms with E-state index in [4.69, 9.17) is 11.6 Å². The number of nitrogens with two attached hydrogens (primary N) is 2. The van der Waals surface area contributed by atoms with Crippen molar-refractivity contribution in [3.63, 3.8) is 0 Å². The average Bonchev–Trinajstić information content (AvgIpc) is 1.98. The van der Waals surface area contributed by atoms with Crippen molar-refractivity contribution < 1.29 is 0 Å². The van der Waals surface area contributed by atoms with Crippen molar-refractivity contribution in [2.75, 3.05) is 13.6 Å². The largest absolute Gasteiger partial charge is 0.368 e. The van der Waals surface area contributed by atoms with Crippen LogP contribution in [0, 0.1) is 0 Å². The van der Waals surface area contributed by atoms with Gasteiger partial charge in [0.05, 0.1) is 0 Å². The number of hydrogen-bond acceptors (Lipinski definition) is 2. The Bertz CT molecular complexity index is 110. The Labute approximate surface area is 61.9 Å². The molecule has 0 aliphatic carbocycles. The van der Waals surface area contributed by atoms with E-state index in [9.17, 15) is 0 Å². The summed E-state index contributed by atoms with van der Waals surface area (Å²) in [5.74, 6) is 5.36. The highest BCUT2D eigenvalue weighted by Gasteiger charge is 1.97. The maximum atomic E-state index is 5.41. The van der Waals surface area contributed by atoms with Crippen LogP contribution >= 0.6 is 0 Å². The Morgan fingerprint density at radius 1 is 1.60 bits per heavy atom. The Kier molecular flexibility index (Phi) is 4.45. The highest BCUT2D eigenvalue weighted by Crippen LogP contribution is 1.89. The molecule has 0 aliphatic heterocycles. The molecule has 0 atom stereocenters. The first-order chi connectivity index (χ1) is 4.72. The molecule has 4 N–H and O–H groups in total. The Morgan fingerprint density at radius 2 is 2.20 bits per heavy atom. The molecule has 60 valence electrons. The molecule has 0 aliphatic rings. The maximum absolute atomic E-state index is 5.41. The van der Waals surface area contributed by atoms with E-state index >= 15 is 0 Å². The van der Waals surface area contributed by atoms with Gasteiger partial charge in [-0.25, -0.2) is 0 Å². The lowest BCUT2D eigenvalue weighted by Crippen LogP contribution is -2.35. The summed E-state index contributed by atoms with van der Waals surface area (Å²) in [6.45, 7) is 3.05. The van der Waals surface area contributed by atoms with Crippen molar-refractivity contribution in [3.05, 3.63) is 0 Å². The summed E-state index contributed by atoms with van der Waals surface area (Å²) in [5.41, 5.74) is 5.41. The zero-order chi connectivity index (χ0) is 7.98. The van der Waals surface area contributed by atoms with Crippen LogP contribution in [0.1, 0.15) is 19.8 Å². The van der Waals surface area contributed by atoms with Gasteiger partial charge >= 0.3 is 0 Å². The zero-order valence-corrected chi connectivity index (χ0v) is 6.67. The standard InChI is InChI=1S/C6H16N4/c1-3-4-5-10(2)6(7)9-8/h3-5,8H2,1-2H3,(H2,7,9). The predicted molar refractivity (Wildman–Crippen MR) is 43.3 cm³/mol. The van der Waals surface area contributed by atoms with Crippen LogP contribution in [0.5, 0.6) is 0 Å². The van der Waals surface area contributed by atoms with Crippen molar-refractivity contribution >= 4 is 5.96 Å². The van der Waals surface area contributed by atoms with Crippen LogP contribution in [0.2, 0.25) is 0 Å². The van der Waals surface area contributed by atoms with Crippen LogP contribution in [-0.4, -0.2) is 24.5 Å². The molecule has 0 saturated heterocycles. The molecular formula is C6H16N4. The number of hydrogen-bond donors (Lipinski definition) is 2. The fourth-order valence-electron chi connectivity index (χ4n) is 0.608. The Balaban J connectivity index is 3.51. The van der Waals surface area contributed by atoms with E-state index in [0.717, 1.165) is 19.4 Å². The molecule has 0 rings (SSSR count). The molecule has 0 heterocycles. The van der Waals surface area contributed by atoms with E-state index < -0.39 is 0 Å². The average molecular weight is 144 g/mol. The van der Waals surface area contributed by atoms with Crippen LogP contribution < -0.4 is 11.6 Å². The van der Waals surface area contributed by atoms with Gasteiger partial charge in [0, 0.05) is 13.6 Å². The van der Waals surface area contributed by atoms with Gasteiger partial charge in [-0.1, -0.05) is 13.3 Å². The van der Waals surface area contributed by atoms with E-state index in [1.165, 1.54) is 0 Å². The van der Waals surface area contributed by atoms with Gasteiger partial charge in [-0.3, -0.25) is 0 Å². The molecule has 0 radical (unpaired) electrons. The lowest BCUT2D eigenvalue weighted by atomic mass is 10.3. The molecular weight excluding hydrogens is 128 g/mol. The molecule has 0 aromatic carbocycles. The third kappa shape index (κ3) is 3.17. The topological polar surface area (TPSA) is 67.6 Å². The molecule has 0 bridgehead atoms. The smallest absolute Gasteiger partial charge is 0.213 e. The minimum Gasteiger partial charge on any atom is -0.368 e. The third-order valence-electron chi connectivity index (χ3n) is 1.37. The second-order valence-electron chi connectivity index (χ2n) is 2.26. The van der Waals surface area contributed by atoms with Gasteiger partial charge in [0.1, 0.15) is 0 Å². The van der Waals surface area contributed by atoms with Gasteiger partial charge in [0.15, 0.2) is 0 Å². The zero-order valence-electron chi connectivity index (χ0n) is 6.67. The minimum absolute atomic E-state index is 0.397. The first kappa shape index (κ1) is 9.07. The molecule has 0 fully saturated rings. The molecule has 0 aromatic heterocycles. The van der Waals surface area contributed by atoms with E-state index in [1.807, 2.05) is 11.9 Å². The molecule has 0 aromatic rings. The van der Waals surface area contributed by atoms with Crippen LogP contribution in [-0.2, 0) is 0 Å². The summed E-state index contributed by atoms with van der Waals surface area (Å²) >= 11 is 0. The molecule has 10 heavy (non-hydrogen) atoms. The first-order valence-corrected chi connectivity index (χ1v) is 3.46. The van der Waals surface area contributed by atoms with Gasteiger partial charge in [-0.15, -0.1) is 5.10 Å². The van der Waals surface area contributed by atoms with Crippen LogP contribution in [0.3, 0.4) is 0 Å². The Hall–Kier alpha value is -0.930. The minimum atomic E-state index is 0.397. The van der Waals surface area contributed by atoms with Gasteiger partial charge < -0.3 is 16.5 Å². The summed E-state index contributed by atoms with van der Waals surface area (Å²) in [6.07, 6.45) is 2.27. The van der Waals surface area contributed by atoms with Crippen molar-refractivity contribution in [2.45, 2.75) is 19.8 Å². The molecule has 0 unspecified atom stereocenters. The summed E-state index contributed by atoms with van der Waals surface area (Å²) in [4.78, 5) is 1.84. The van der Waals surface area contributed by atoms with Crippen molar-refractivity contribution in [1.29, 1.82) is 0 Å². The maximum Gasteiger partial charge on any atom is 0.213 e. The summed E-state index contributed by atoms with van der Waals surface area (Å²) in [6, 6.07) is 0. The van der Waals surface area contributed by atoms with E-state index in [0.29, 0.717) is 5.96 Å². The van der Waals surface area contributed by atoms with Gasteiger partial charge in [0.2, 0.25) is 5.96 Å². The van der Waals surface area contributed by atoms with E-state index in [2.05, 4.69) is 12.0 Å². The number of hydrazone groups is 1. The van der Waals surface area contributed by atoms with Crippen molar-refractivity contribution in [3.8, 4) is 0 Å². The molecule has 4 nitrogen and oxygen atoms in total.